The summed E-state index contributed by atoms with van der Waals surface area (Å²) in [4.78, 5) is 2.45. The molecule has 1 saturated heterocycles. The van der Waals surface area contributed by atoms with Gasteiger partial charge in [-0.3, -0.25) is 0 Å². The average Bonchev–Trinajstić information content (AvgIpc) is 2.48. The van der Waals surface area contributed by atoms with Crippen LogP contribution in [0.25, 0.3) is 0 Å². The second-order valence-corrected chi connectivity index (χ2v) is 6.07. The van der Waals surface area contributed by atoms with Gasteiger partial charge in [0.2, 0.25) is 0 Å². The number of halogens is 1. The Labute approximate surface area is 127 Å². The van der Waals surface area contributed by atoms with Crippen molar-refractivity contribution in [1.82, 2.24) is 5.32 Å². The number of rotatable bonds is 4. The molecular formula is C16H25ClN2O. The van der Waals surface area contributed by atoms with Crippen LogP contribution in [-0.2, 0) is 0 Å². The van der Waals surface area contributed by atoms with Crippen molar-refractivity contribution in [2.75, 3.05) is 25.1 Å². The van der Waals surface area contributed by atoms with Crippen molar-refractivity contribution in [3.63, 3.8) is 0 Å². The maximum Gasteiger partial charge on any atom is 0.137 e. The Morgan fingerprint density at radius 2 is 2.10 bits per heavy atom. The van der Waals surface area contributed by atoms with Gasteiger partial charge in [0, 0.05) is 30.4 Å². The predicted octanol–water partition coefficient (Wildman–Crippen LogP) is 3.71. The molecule has 1 aromatic rings. The summed E-state index contributed by atoms with van der Waals surface area (Å²) in [6.45, 7) is 8.78. The van der Waals surface area contributed by atoms with Gasteiger partial charge in [-0.15, -0.1) is 0 Å². The molecule has 1 heterocycles. The molecule has 20 heavy (non-hydrogen) atoms. The summed E-state index contributed by atoms with van der Waals surface area (Å²) in [5, 5.41) is 4.39. The molecule has 1 aliphatic heterocycles. The SMILES string of the molecule is CCC1(CC)CN(c2ccc(OC)c(Cl)c2)C(C)CN1. The first-order chi connectivity index (χ1) is 9.55. The monoisotopic (exact) mass is 296 g/mol. The van der Waals surface area contributed by atoms with Gasteiger partial charge in [0.25, 0.3) is 0 Å². The third-order valence-corrected chi connectivity index (χ3v) is 4.89. The van der Waals surface area contributed by atoms with Gasteiger partial charge in [0.05, 0.1) is 12.1 Å². The average molecular weight is 297 g/mol. The molecule has 1 aromatic carbocycles. The fraction of sp³-hybridized carbons (Fsp3) is 0.625. The summed E-state index contributed by atoms with van der Waals surface area (Å²) in [6, 6.07) is 6.53. The largest absolute Gasteiger partial charge is 0.495 e. The van der Waals surface area contributed by atoms with E-state index >= 15 is 0 Å². The summed E-state index contributed by atoms with van der Waals surface area (Å²) in [5.41, 5.74) is 1.38. The highest BCUT2D eigenvalue weighted by atomic mass is 35.5. The van der Waals surface area contributed by atoms with E-state index in [1.165, 1.54) is 5.69 Å². The van der Waals surface area contributed by atoms with Crippen LogP contribution in [0.5, 0.6) is 5.75 Å². The van der Waals surface area contributed by atoms with Crippen molar-refractivity contribution in [2.24, 2.45) is 0 Å². The van der Waals surface area contributed by atoms with E-state index in [4.69, 9.17) is 16.3 Å². The first kappa shape index (κ1) is 15.5. The number of benzene rings is 1. The zero-order valence-electron chi connectivity index (χ0n) is 12.9. The first-order valence-corrected chi connectivity index (χ1v) is 7.78. The van der Waals surface area contributed by atoms with E-state index in [2.05, 4.69) is 37.1 Å². The molecular weight excluding hydrogens is 272 g/mol. The van der Waals surface area contributed by atoms with Gasteiger partial charge < -0.3 is 15.0 Å². The lowest BCUT2D eigenvalue weighted by molar-refractivity contribution is 0.254. The Balaban J connectivity index is 2.27. The molecule has 112 valence electrons. The molecule has 3 nitrogen and oxygen atoms in total. The van der Waals surface area contributed by atoms with Crippen LogP contribution in [0.2, 0.25) is 5.02 Å². The molecule has 0 saturated carbocycles. The highest BCUT2D eigenvalue weighted by Crippen LogP contribution is 2.33. The van der Waals surface area contributed by atoms with E-state index in [0.717, 1.165) is 31.7 Å². The van der Waals surface area contributed by atoms with Crippen molar-refractivity contribution < 1.29 is 4.74 Å². The Morgan fingerprint density at radius 1 is 1.40 bits per heavy atom. The van der Waals surface area contributed by atoms with E-state index in [9.17, 15) is 0 Å². The number of ether oxygens (including phenoxy) is 1. The van der Waals surface area contributed by atoms with Crippen LogP contribution < -0.4 is 15.0 Å². The van der Waals surface area contributed by atoms with Gasteiger partial charge in [-0.2, -0.15) is 0 Å². The lowest BCUT2D eigenvalue weighted by Crippen LogP contribution is -2.63. The Hall–Kier alpha value is -0.930. The Bertz CT molecular complexity index is 460. The molecule has 1 atom stereocenters. The minimum absolute atomic E-state index is 0.207. The van der Waals surface area contributed by atoms with Gasteiger partial charge in [-0.25, -0.2) is 0 Å². The van der Waals surface area contributed by atoms with E-state index in [1.54, 1.807) is 7.11 Å². The van der Waals surface area contributed by atoms with E-state index in [0.29, 0.717) is 11.1 Å². The number of nitrogens with zero attached hydrogens (tertiary/aromatic N) is 1. The van der Waals surface area contributed by atoms with E-state index in [1.807, 2.05) is 12.1 Å². The number of nitrogens with one attached hydrogen (secondary N) is 1. The van der Waals surface area contributed by atoms with Crippen LogP contribution in [0.1, 0.15) is 33.6 Å². The second kappa shape index (κ2) is 6.23. The maximum absolute atomic E-state index is 6.27. The number of anilines is 1. The number of methoxy groups -OCH3 is 1. The molecule has 0 radical (unpaired) electrons. The van der Waals surface area contributed by atoms with Gasteiger partial charge >= 0.3 is 0 Å². The molecule has 0 aromatic heterocycles. The van der Waals surface area contributed by atoms with Crippen LogP contribution in [0.4, 0.5) is 5.69 Å². The van der Waals surface area contributed by atoms with Crippen molar-refractivity contribution in [1.29, 1.82) is 0 Å². The maximum atomic E-state index is 6.27. The predicted molar refractivity (Wildman–Crippen MR) is 86.1 cm³/mol. The van der Waals surface area contributed by atoms with E-state index < -0.39 is 0 Å². The molecule has 4 heteroatoms. The molecule has 1 aliphatic rings. The molecule has 0 spiro atoms. The molecule has 0 amide bonds. The normalized spacial score (nSPS) is 21.9. The first-order valence-electron chi connectivity index (χ1n) is 7.40. The molecule has 2 rings (SSSR count). The number of hydrogen-bond acceptors (Lipinski definition) is 3. The van der Waals surface area contributed by atoms with Crippen LogP contribution in [0.3, 0.4) is 0 Å². The molecule has 1 unspecified atom stereocenters. The molecule has 0 aliphatic carbocycles. The van der Waals surface area contributed by atoms with Gasteiger partial charge in [0.1, 0.15) is 5.75 Å². The van der Waals surface area contributed by atoms with E-state index in [-0.39, 0.29) is 5.54 Å². The van der Waals surface area contributed by atoms with Crippen molar-refractivity contribution in [3.05, 3.63) is 23.2 Å². The quantitative estimate of drug-likeness (QED) is 0.917. The summed E-state index contributed by atoms with van der Waals surface area (Å²) in [5.74, 6) is 0.732. The lowest BCUT2D eigenvalue weighted by atomic mass is 9.88. The van der Waals surface area contributed by atoms with Crippen molar-refractivity contribution >= 4 is 17.3 Å². The van der Waals surface area contributed by atoms with Crippen LogP contribution in [0, 0.1) is 0 Å². The fourth-order valence-electron chi connectivity index (χ4n) is 2.92. The van der Waals surface area contributed by atoms with Crippen LogP contribution >= 0.6 is 11.6 Å². The fourth-order valence-corrected chi connectivity index (χ4v) is 3.17. The van der Waals surface area contributed by atoms with Crippen LogP contribution in [0.15, 0.2) is 18.2 Å². The summed E-state index contributed by atoms with van der Waals surface area (Å²) >= 11 is 6.27. The zero-order valence-corrected chi connectivity index (χ0v) is 13.6. The third kappa shape index (κ3) is 2.89. The molecule has 0 bridgehead atoms. The second-order valence-electron chi connectivity index (χ2n) is 5.66. The Morgan fingerprint density at radius 3 is 2.65 bits per heavy atom. The molecule has 1 N–H and O–H groups in total. The smallest absolute Gasteiger partial charge is 0.137 e. The van der Waals surface area contributed by atoms with Gasteiger partial charge in [-0.05, 0) is 38.0 Å². The topological polar surface area (TPSA) is 24.5 Å². The third-order valence-electron chi connectivity index (χ3n) is 4.60. The van der Waals surface area contributed by atoms with Gasteiger partial charge in [-0.1, -0.05) is 25.4 Å². The van der Waals surface area contributed by atoms with Crippen molar-refractivity contribution in [2.45, 2.75) is 45.2 Å². The van der Waals surface area contributed by atoms with Crippen LogP contribution in [-0.4, -0.2) is 31.8 Å². The highest BCUT2D eigenvalue weighted by Gasteiger charge is 2.35. The van der Waals surface area contributed by atoms with Crippen molar-refractivity contribution in [3.8, 4) is 5.75 Å². The molecule has 1 fully saturated rings. The number of piperazine rings is 1. The minimum atomic E-state index is 0.207. The highest BCUT2D eigenvalue weighted by molar-refractivity contribution is 6.32. The van der Waals surface area contributed by atoms with Gasteiger partial charge in [0.15, 0.2) is 0 Å². The summed E-state index contributed by atoms with van der Waals surface area (Å²) < 4.78 is 5.23. The number of hydrogen-bond donors (Lipinski definition) is 1. The zero-order chi connectivity index (χ0) is 14.8. The lowest BCUT2D eigenvalue weighted by Gasteiger charge is -2.47. The minimum Gasteiger partial charge on any atom is -0.495 e. The standard InChI is InChI=1S/C16H25ClN2O/c1-5-16(6-2)11-19(12(3)10-18-16)13-7-8-15(20-4)14(17)9-13/h7-9,12,18H,5-6,10-11H2,1-4H3. The summed E-state index contributed by atoms with van der Waals surface area (Å²) in [7, 11) is 1.65. The Kier molecular flexibility index (Phi) is 4.82. The summed E-state index contributed by atoms with van der Waals surface area (Å²) in [6.07, 6.45) is 2.27.